The summed E-state index contributed by atoms with van der Waals surface area (Å²) in [5, 5.41) is 4.27. The van der Waals surface area contributed by atoms with Gasteiger partial charge >= 0.3 is 0 Å². The second-order valence-electron chi connectivity index (χ2n) is 4.48. The predicted octanol–water partition coefficient (Wildman–Crippen LogP) is 3.35. The fourth-order valence-electron chi connectivity index (χ4n) is 2.19. The Hall–Kier alpha value is -1.36. The maximum atomic E-state index is 5.88. The molecule has 2 aromatic rings. The number of aromatic nitrogens is 3. The summed E-state index contributed by atoms with van der Waals surface area (Å²) in [4.78, 5) is 4.29. The van der Waals surface area contributed by atoms with E-state index >= 15 is 0 Å². The lowest BCUT2D eigenvalue weighted by molar-refractivity contribution is 0.210. The van der Waals surface area contributed by atoms with Crippen LogP contribution in [-0.2, 0) is 0 Å². The van der Waals surface area contributed by atoms with E-state index in [9.17, 15) is 0 Å². The number of hydrogen-bond acceptors (Lipinski definition) is 3. The normalized spacial score (nSPS) is 16.1. The highest BCUT2D eigenvalue weighted by molar-refractivity contribution is 9.10. The van der Waals surface area contributed by atoms with E-state index in [1.165, 1.54) is 12.8 Å². The zero-order valence-corrected chi connectivity index (χ0v) is 11.5. The van der Waals surface area contributed by atoms with Crippen LogP contribution in [0.25, 0.3) is 5.82 Å². The molecule has 18 heavy (non-hydrogen) atoms. The van der Waals surface area contributed by atoms with Gasteiger partial charge in [-0.25, -0.2) is 9.67 Å². The first-order chi connectivity index (χ1) is 8.81. The molecule has 0 bridgehead atoms. The number of ether oxygens (including phenoxy) is 1. The predicted molar refractivity (Wildman–Crippen MR) is 71.9 cm³/mol. The Kier molecular flexibility index (Phi) is 3.32. The molecule has 1 fully saturated rings. The van der Waals surface area contributed by atoms with Gasteiger partial charge in [0.25, 0.3) is 0 Å². The van der Waals surface area contributed by atoms with Crippen molar-refractivity contribution in [1.29, 1.82) is 0 Å². The molecule has 3 rings (SSSR count). The molecule has 0 unspecified atom stereocenters. The van der Waals surface area contributed by atoms with Crippen molar-refractivity contribution in [2.24, 2.45) is 0 Å². The molecule has 0 aromatic carbocycles. The quantitative estimate of drug-likeness (QED) is 0.873. The van der Waals surface area contributed by atoms with Crippen LogP contribution in [0.5, 0.6) is 5.75 Å². The molecular weight excluding hydrogens is 294 g/mol. The largest absolute Gasteiger partial charge is 0.487 e. The molecule has 0 amide bonds. The molecule has 2 aromatic heterocycles. The molecule has 0 aliphatic heterocycles. The van der Waals surface area contributed by atoms with E-state index in [0.29, 0.717) is 6.10 Å². The molecule has 1 aliphatic carbocycles. The van der Waals surface area contributed by atoms with Crippen LogP contribution in [0.1, 0.15) is 25.7 Å². The molecule has 4 nitrogen and oxygen atoms in total. The summed E-state index contributed by atoms with van der Waals surface area (Å²) in [5.41, 5.74) is 0. The minimum absolute atomic E-state index is 0.362. The van der Waals surface area contributed by atoms with E-state index in [0.717, 1.165) is 28.9 Å². The fraction of sp³-hybridized carbons (Fsp3) is 0.385. The second-order valence-corrected chi connectivity index (χ2v) is 5.40. The zero-order valence-electron chi connectivity index (χ0n) is 9.92. The van der Waals surface area contributed by atoms with Crippen LogP contribution in [0.2, 0.25) is 0 Å². The molecule has 1 saturated carbocycles. The molecule has 0 spiro atoms. The Morgan fingerprint density at radius 3 is 2.78 bits per heavy atom. The molecule has 1 aliphatic rings. The zero-order chi connectivity index (χ0) is 12.4. The van der Waals surface area contributed by atoms with Crippen LogP contribution in [0.4, 0.5) is 0 Å². The Morgan fingerprint density at radius 2 is 2.06 bits per heavy atom. The van der Waals surface area contributed by atoms with Gasteiger partial charge in [0, 0.05) is 10.7 Å². The van der Waals surface area contributed by atoms with Crippen LogP contribution in [0, 0.1) is 0 Å². The highest BCUT2D eigenvalue weighted by Crippen LogP contribution is 2.24. The van der Waals surface area contributed by atoms with E-state index in [2.05, 4.69) is 26.0 Å². The van der Waals surface area contributed by atoms with Crippen molar-refractivity contribution < 1.29 is 4.74 Å². The molecule has 94 valence electrons. The van der Waals surface area contributed by atoms with Crippen molar-refractivity contribution in [3.8, 4) is 11.6 Å². The van der Waals surface area contributed by atoms with Gasteiger partial charge in [-0.05, 0) is 53.7 Å². The van der Waals surface area contributed by atoms with Crippen molar-refractivity contribution in [2.45, 2.75) is 31.8 Å². The van der Waals surface area contributed by atoms with E-state index < -0.39 is 0 Å². The Balaban J connectivity index is 1.74. The van der Waals surface area contributed by atoms with Gasteiger partial charge < -0.3 is 4.74 Å². The lowest BCUT2D eigenvalue weighted by Crippen LogP contribution is -2.10. The van der Waals surface area contributed by atoms with Crippen molar-refractivity contribution >= 4 is 15.9 Å². The van der Waals surface area contributed by atoms with Crippen LogP contribution >= 0.6 is 15.9 Å². The standard InChI is InChI=1S/C13H14BrN3O/c14-10-5-6-13(15-7-10)17-9-12(8-16-17)18-11-3-1-2-4-11/h5-9,11H,1-4H2. The summed E-state index contributed by atoms with van der Waals surface area (Å²) < 4.78 is 8.57. The summed E-state index contributed by atoms with van der Waals surface area (Å²) in [6, 6.07) is 3.86. The average molecular weight is 308 g/mol. The molecule has 0 radical (unpaired) electrons. The van der Waals surface area contributed by atoms with E-state index in [1.807, 2.05) is 18.3 Å². The molecule has 0 atom stereocenters. The van der Waals surface area contributed by atoms with E-state index in [-0.39, 0.29) is 0 Å². The maximum Gasteiger partial charge on any atom is 0.158 e. The number of nitrogens with zero attached hydrogens (tertiary/aromatic N) is 3. The summed E-state index contributed by atoms with van der Waals surface area (Å²) >= 11 is 3.36. The third-order valence-corrected chi connectivity index (χ3v) is 3.58. The highest BCUT2D eigenvalue weighted by atomic mass is 79.9. The van der Waals surface area contributed by atoms with Gasteiger partial charge in [-0.15, -0.1) is 0 Å². The smallest absolute Gasteiger partial charge is 0.158 e. The number of pyridine rings is 1. The van der Waals surface area contributed by atoms with Crippen molar-refractivity contribution in [3.05, 3.63) is 35.2 Å². The Labute approximate surface area is 114 Å². The highest BCUT2D eigenvalue weighted by Gasteiger charge is 2.17. The minimum Gasteiger partial charge on any atom is -0.487 e. The lowest BCUT2D eigenvalue weighted by atomic mass is 10.3. The minimum atomic E-state index is 0.362. The molecular formula is C13H14BrN3O. The van der Waals surface area contributed by atoms with Crippen molar-refractivity contribution in [2.75, 3.05) is 0 Å². The summed E-state index contributed by atoms with van der Waals surface area (Å²) in [7, 11) is 0. The summed E-state index contributed by atoms with van der Waals surface area (Å²) in [6.07, 6.45) is 10.6. The second kappa shape index (κ2) is 5.10. The molecule has 5 heteroatoms. The first-order valence-electron chi connectivity index (χ1n) is 6.14. The first-order valence-corrected chi connectivity index (χ1v) is 6.94. The lowest BCUT2D eigenvalue weighted by Gasteiger charge is -2.09. The third kappa shape index (κ3) is 2.56. The SMILES string of the molecule is Brc1ccc(-n2cc(OC3CCCC3)cn2)nc1. The van der Waals surface area contributed by atoms with E-state index in [1.54, 1.807) is 17.1 Å². The maximum absolute atomic E-state index is 5.88. The van der Waals surface area contributed by atoms with Gasteiger partial charge in [0.05, 0.1) is 18.5 Å². The van der Waals surface area contributed by atoms with Crippen molar-refractivity contribution in [1.82, 2.24) is 14.8 Å². The monoisotopic (exact) mass is 307 g/mol. The molecule has 0 N–H and O–H groups in total. The Bertz CT molecular complexity index is 517. The first kappa shape index (κ1) is 11.7. The Morgan fingerprint density at radius 1 is 1.22 bits per heavy atom. The van der Waals surface area contributed by atoms with Crippen molar-refractivity contribution in [3.63, 3.8) is 0 Å². The summed E-state index contributed by atoms with van der Waals surface area (Å²) in [6.45, 7) is 0. The van der Waals surface area contributed by atoms with Crippen LogP contribution in [0.3, 0.4) is 0 Å². The average Bonchev–Trinajstić information content (AvgIpc) is 3.02. The van der Waals surface area contributed by atoms with Crippen LogP contribution < -0.4 is 4.74 Å². The van der Waals surface area contributed by atoms with Gasteiger partial charge in [-0.1, -0.05) is 0 Å². The van der Waals surface area contributed by atoms with E-state index in [4.69, 9.17) is 4.74 Å². The number of hydrogen-bond donors (Lipinski definition) is 0. The van der Waals surface area contributed by atoms with Gasteiger partial charge in [0.15, 0.2) is 11.6 Å². The van der Waals surface area contributed by atoms with Crippen LogP contribution in [-0.4, -0.2) is 20.9 Å². The summed E-state index contributed by atoms with van der Waals surface area (Å²) in [5.74, 6) is 1.62. The number of rotatable bonds is 3. The molecule has 0 saturated heterocycles. The fourth-order valence-corrected chi connectivity index (χ4v) is 2.43. The van der Waals surface area contributed by atoms with Gasteiger partial charge in [-0.2, -0.15) is 5.10 Å². The van der Waals surface area contributed by atoms with Crippen LogP contribution in [0.15, 0.2) is 35.2 Å². The van der Waals surface area contributed by atoms with Gasteiger partial charge in [-0.3, -0.25) is 0 Å². The molecule has 2 heterocycles. The van der Waals surface area contributed by atoms with Gasteiger partial charge in [0.2, 0.25) is 0 Å². The topological polar surface area (TPSA) is 39.9 Å². The third-order valence-electron chi connectivity index (χ3n) is 3.11. The number of halogens is 1. The van der Waals surface area contributed by atoms with Gasteiger partial charge in [0.1, 0.15) is 0 Å².